The van der Waals surface area contributed by atoms with Crippen molar-refractivity contribution in [1.82, 2.24) is 0 Å². The Morgan fingerprint density at radius 2 is 1.08 bits per heavy atom. The Bertz CT molecular complexity index is 691. The molecule has 0 amide bonds. The van der Waals surface area contributed by atoms with Crippen LogP contribution in [0.25, 0.3) is 0 Å². The second-order valence-electron chi connectivity index (χ2n) is 14.8. The standard InChI is InChI=1S/C23H44NP.C10H18.Ti/c1-21(2,3)14-17-25(18-15-22(4,5)6,19-16-23(7,8)9)24-20-12-10-11-13-20;1-9(2)7-5-6-8-10(3)4;/h10-12H,13-19H2,1-9H3;5-10H,1-4H3;. The van der Waals surface area contributed by atoms with E-state index in [1.165, 1.54) is 43.4 Å². The SMILES string of the molecule is CC(C)(C)CCP(CCC(C)(C)C)(CCC(C)(C)C)=NC1=CC=CC1.CC(C)C=CC=CC(C)C.[Ti]. The second-order valence-corrected chi connectivity index (χ2v) is 18.6. The summed E-state index contributed by atoms with van der Waals surface area (Å²) < 4.78 is 5.53. The Morgan fingerprint density at radius 3 is 1.33 bits per heavy atom. The number of nitrogens with zero attached hydrogens (tertiary/aromatic N) is 1. The van der Waals surface area contributed by atoms with Crippen molar-refractivity contribution in [3.05, 3.63) is 48.2 Å². The molecular formula is C33H62NPTi. The molecule has 0 aromatic carbocycles. The molecule has 3 heteroatoms. The molecule has 0 heterocycles. The molecular weight excluding hydrogens is 489 g/mol. The van der Waals surface area contributed by atoms with Gasteiger partial charge in [0.05, 0.1) is 0 Å². The van der Waals surface area contributed by atoms with Crippen LogP contribution in [0.5, 0.6) is 0 Å². The Balaban J connectivity index is 0. The summed E-state index contributed by atoms with van der Waals surface area (Å²) in [6.45, 7) is 30.1. The molecule has 1 rings (SSSR count). The molecule has 1 nitrogen and oxygen atoms in total. The molecule has 208 valence electrons. The van der Waals surface area contributed by atoms with Crippen molar-refractivity contribution in [2.24, 2.45) is 32.8 Å². The normalized spacial score (nSPS) is 14.9. The minimum atomic E-state index is -1.32. The van der Waals surface area contributed by atoms with Crippen molar-refractivity contribution in [2.45, 2.75) is 116 Å². The first-order valence-electron chi connectivity index (χ1n) is 14.1. The van der Waals surface area contributed by atoms with E-state index in [1.54, 1.807) is 0 Å². The van der Waals surface area contributed by atoms with Gasteiger partial charge in [-0.15, -0.1) is 0 Å². The Morgan fingerprint density at radius 1 is 0.722 bits per heavy atom. The third kappa shape index (κ3) is 23.1. The topological polar surface area (TPSA) is 12.4 Å². The minimum absolute atomic E-state index is 0. The Kier molecular flexibility index (Phi) is 18.5. The maximum Gasteiger partial charge on any atom is 0.0425 e. The van der Waals surface area contributed by atoms with Gasteiger partial charge in [0.25, 0.3) is 0 Å². The molecule has 0 atom stereocenters. The summed E-state index contributed by atoms with van der Waals surface area (Å²) in [5, 5.41) is 0. The predicted molar refractivity (Wildman–Crippen MR) is 166 cm³/mol. The van der Waals surface area contributed by atoms with Gasteiger partial charge in [0.1, 0.15) is 0 Å². The van der Waals surface area contributed by atoms with E-state index in [0.29, 0.717) is 28.1 Å². The van der Waals surface area contributed by atoms with Gasteiger partial charge in [0, 0.05) is 33.8 Å². The van der Waals surface area contributed by atoms with Gasteiger partial charge in [-0.25, -0.2) is 0 Å². The van der Waals surface area contributed by atoms with Crippen molar-refractivity contribution in [3.63, 3.8) is 0 Å². The van der Waals surface area contributed by atoms with Gasteiger partial charge in [-0.05, 0) is 79.0 Å². The average molecular weight is 552 g/mol. The van der Waals surface area contributed by atoms with E-state index in [0.717, 1.165) is 6.42 Å². The third-order valence-corrected chi connectivity index (χ3v) is 9.88. The second kappa shape index (κ2) is 17.5. The van der Waals surface area contributed by atoms with Gasteiger partial charge in [-0.3, -0.25) is 4.74 Å². The van der Waals surface area contributed by atoms with Crippen LogP contribution < -0.4 is 0 Å². The first kappa shape index (κ1) is 38.1. The molecule has 0 aliphatic heterocycles. The number of hydrogen-bond acceptors (Lipinski definition) is 1. The van der Waals surface area contributed by atoms with Crippen molar-refractivity contribution in [2.75, 3.05) is 18.5 Å². The van der Waals surface area contributed by atoms with Crippen LogP contribution in [0.1, 0.15) is 116 Å². The molecule has 0 saturated carbocycles. The quantitative estimate of drug-likeness (QED) is 0.145. The fourth-order valence-electron chi connectivity index (χ4n) is 3.47. The van der Waals surface area contributed by atoms with Crippen LogP contribution in [-0.4, -0.2) is 18.5 Å². The van der Waals surface area contributed by atoms with Gasteiger partial charge in [-0.1, -0.05) is 126 Å². The van der Waals surface area contributed by atoms with E-state index in [2.05, 4.69) is 133 Å². The molecule has 0 N–H and O–H groups in total. The maximum atomic E-state index is 5.53. The van der Waals surface area contributed by atoms with E-state index < -0.39 is 7.05 Å². The van der Waals surface area contributed by atoms with E-state index in [1.807, 2.05) is 0 Å². The molecule has 0 radical (unpaired) electrons. The van der Waals surface area contributed by atoms with Crippen molar-refractivity contribution < 1.29 is 21.7 Å². The molecule has 1 aliphatic carbocycles. The fourth-order valence-corrected chi connectivity index (χ4v) is 8.40. The van der Waals surface area contributed by atoms with E-state index in [4.69, 9.17) is 4.74 Å². The summed E-state index contributed by atoms with van der Waals surface area (Å²) >= 11 is 0. The summed E-state index contributed by atoms with van der Waals surface area (Å²) in [6, 6.07) is 0. The van der Waals surface area contributed by atoms with Crippen molar-refractivity contribution in [1.29, 1.82) is 0 Å². The summed E-state index contributed by atoms with van der Waals surface area (Å²) in [6.07, 6.45) is 24.2. The number of rotatable bonds is 10. The Hall–Kier alpha value is -0.0957. The zero-order valence-corrected chi connectivity index (χ0v) is 29.0. The van der Waals surface area contributed by atoms with Gasteiger partial charge in [0.2, 0.25) is 0 Å². The first-order chi connectivity index (χ1) is 15.8. The van der Waals surface area contributed by atoms with Gasteiger partial charge in [-0.2, -0.15) is 0 Å². The molecule has 0 saturated heterocycles. The van der Waals surface area contributed by atoms with Crippen LogP contribution >= 0.6 is 7.05 Å². The molecule has 1 aliphatic rings. The molecule has 0 spiro atoms. The molecule has 36 heavy (non-hydrogen) atoms. The van der Waals surface area contributed by atoms with Crippen molar-refractivity contribution >= 4 is 7.05 Å². The van der Waals surface area contributed by atoms with Crippen molar-refractivity contribution in [3.8, 4) is 0 Å². The molecule has 0 aromatic rings. The van der Waals surface area contributed by atoms with Crippen LogP contribution in [0, 0.1) is 28.1 Å². The van der Waals surface area contributed by atoms with Crippen LogP contribution in [0.3, 0.4) is 0 Å². The Labute approximate surface area is 243 Å². The fraction of sp³-hybridized carbons (Fsp3) is 0.758. The molecule has 0 aromatic heterocycles. The third-order valence-electron chi connectivity index (χ3n) is 6.03. The number of allylic oxidation sites excluding steroid dienone is 7. The number of hydrogen-bond donors (Lipinski definition) is 0. The van der Waals surface area contributed by atoms with Gasteiger partial charge >= 0.3 is 0 Å². The average Bonchev–Trinajstić information content (AvgIpc) is 3.18. The van der Waals surface area contributed by atoms with Crippen LogP contribution in [0.4, 0.5) is 0 Å². The summed E-state index contributed by atoms with van der Waals surface area (Å²) in [7, 11) is -1.32. The van der Waals surface area contributed by atoms with E-state index in [9.17, 15) is 0 Å². The molecule has 0 bridgehead atoms. The monoisotopic (exact) mass is 551 g/mol. The van der Waals surface area contributed by atoms with Crippen LogP contribution in [-0.2, 0) is 21.7 Å². The zero-order valence-electron chi connectivity index (χ0n) is 26.5. The van der Waals surface area contributed by atoms with E-state index >= 15 is 0 Å². The van der Waals surface area contributed by atoms with Gasteiger partial charge < -0.3 is 0 Å². The predicted octanol–water partition coefficient (Wildman–Crippen LogP) is 11.7. The smallest absolute Gasteiger partial charge is 0.0425 e. The maximum absolute atomic E-state index is 5.53. The van der Waals surface area contributed by atoms with Crippen LogP contribution in [0.2, 0.25) is 0 Å². The minimum Gasteiger partial charge on any atom is -0.272 e. The summed E-state index contributed by atoms with van der Waals surface area (Å²) in [5.41, 5.74) is 2.52. The first-order valence-corrected chi connectivity index (χ1v) is 16.4. The van der Waals surface area contributed by atoms with Crippen LogP contribution in [0.15, 0.2) is 53.0 Å². The van der Waals surface area contributed by atoms with E-state index in [-0.39, 0.29) is 21.7 Å². The summed E-state index contributed by atoms with van der Waals surface area (Å²) in [4.78, 5) is 0. The van der Waals surface area contributed by atoms with Gasteiger partial charge in [0.15, 0.2) is 0 Å². The zero-order chi connectivity index (χ0) is 27.3. The molecule has 0 fully saturated rings. The largest absolute Gasteiger partial charge is 0.272 e. The summed E-state index contributed by atoms with van der Waals surface area (Å²) in [5.74, 6) is 1.33. The molecule has 0 unspecified atom stereocenters.